The lowest BCUT2D eigenvalue weighted by atomic mass is 9.90. The zero-order valence-corrected chi connectivity index (χ0v) is 12.1. The Balaban J connectivity index is 2.16. The van der Waals surface area contributed by atoms with E-state index in [-0.39, 0.29) is 11.6 Å². The molecule has 0 spiro atoms. The Morgan fingerprint density at radius 3 is 2.55 bits per heavy atom. The number of nitrogens with one attached hydrogen (secondary N) is 1. The molecular weight excluding hydrogens is 256 g/mol. The first kappa shape index (κ1) is 15.2. The monoisotopic (exact) mass is 279 g/mol. The minimum atomic E-state index is -0.440. The van der Waals surface area contributed by atoms with Gasteiger partial charge in [0, 0.05) is 11.6 Å². The summed E-state index contributed by atoms with van der Waals surface area (Å²) in [5.74, 6) is -0.880. The van der Waals surface area contributed by atoms with Gasteiger partial charge in [0.2, 0.25) is 0 Å². The van der Waals surface area contributed by atoms with Crippen molar-refractivity contribution in [3.05, 3.63) is 47.0 Å². The summed E-state index contributed by atoms with van der Waals surface area (Å²) in [6.45, 7) is 2.97. The molecule has 1 unspecified atom stereocenters. The summed E-state index contributed by atoms with van der Waals surface area (Å²) in [6, 6.07) is 4.15. The van der Waals surface area contributed by atoms with Crippen molar-refractivity contribution in [2.75, 3.05) is 6.54 Å². The summed E-state index contributed by atoms with van der Waals surface area (Å²) in [7, 11) is 0. The van der Waals surface area contributed by atoms with Crippen molar-refractivity contribution < 1.29 is 8.78 Å². The molecule has 0 amide bonds. The van der Waals surface area contributed by atoms with Gasteiger partial charge >= 0.3 is 0 Å². The molecule has 0 bridgehead atoms. The lowest BCUT2D eigenvalue weighted by Crippen LogP contribution is -2.34. The summed E-state index contributed by atoms with van der Waals surface area (Å²) in [5, 5.41) is 3.44. The number of hydrogen-bond acceptors (Lipinski definition) is 1. The molecule has 1 aliphatic rings. The molecule has 0 aromatic heterocycles. The van der Waals surface area contributed by atoms with Crippen LogP contribution in [0.2, 0.25) is 0 Å². The van der Waals surface area contributed by atoms with Gasteiger partial charge in [-0.3, -0.25) is 0 Å². The fraction of sp³-hybridized carbons (Fsp3) is 0.529. The van der Waals surface area contributed by atoms with Gasteiger partial charge < -0.3 is 5.32 Å². The highest BCUT2D eigenvalue weighted by atomic mass is 19.1. The van der Waals surface area contributed by atoms with Crippen molar-refractivity contribution in [3.63, 3.8) is 0 Å². The predicted octanol–water partition coefficient (Wildman–Crippen LogP) is 4.38. The fourth-order valence-corrected chi connectivity index (χ4v) is 2.76. The molecule has 1 nitrogen and oxygen atoms in total. The standard InChI is InChI=1S/C17H23F2N/c1-2-11-20-17(13-7-4-3-5-8-13)12-14-15(18)9-6-10-16(14)19/h6-7,9-10,17,20H,2-5,8,11-12H2,1H3. The summed E-state index contributed by atoms with van der Waals surface area (Å²) >= 11 is 0. The molecule has 0 heterocycles. The minimum absolute atomic E-state index is 0.0571. The molecule has 1 aromatic carbocycles. The molecule has 0 saturated carbocycles. The van der Waals surface area contributed by atoms with Crippen molar-refractivity contribution >= 4 is 0 Å². The van der Waals surface area contributed by atoms with E-state index < -0.39 is 11.6 Å². The van der Waals surface area contributed by atoms with E-state index >= 15 is 0 Å². The second-order valence-electron chi connectivity index (χ2n) is 5.44. The second-order valence-corrected chi connectivity index (χ2v) is 5.44. The zero-order chi connectivity index (χ0) is 14.4. The van der Waals surface area contributed by atoms with Crippen molar-refractivity contribution in [3.8, 4) is 0 Å². The second kappa shape index (κ2) is 7.53. The summed E-state index contributed by atoms with van der Waals surface area (Å²) < 4.78 is 27.6. The lowest BCUT2D eigenvalue weighted by Gasteiger charge is -2.25. The number of rotatable bonds is 6. The number of benzene rings is 1. The van der Waals surface area contributed by atoms with Gasteiger partial charge in [0.15, 0.2) is 0 Å². The van der Waals surface area contributed by atoms with Gasteiger partial charge in [-0.1, -0.05) is 24.6 Å². The first-order chi connectivity index (χ1) is 9.72. The van der Waals surface area contributed by atoms with Crippen LogP contribution < -0.4 is 5.32 Å². The first-order valence-corrected chi connectivity index (χ1v) is 7.57. The highest BCUT2D eigenvalue weighted by molar-refractivity contribution is 5.25. The Morgan fingerprint density at radius 1 is 1.20 bits per heavy atom. The van der Waals surface area contributed by atoms with Crippen molar-refractivity contribution in [1.82, 2.24) is 5.32 Å². The summed E-state index contributed by atoms with van der Waals surface area (Å²) in [4.78, 5) is 0. The van der Waals surface area contributed by atoms with Crippen LogP contribution in [0, 0.1) is 11.6 Å². The van der Waals surface area contributed by atoms with Gasteiger partial charge in [-0.2, -0.15) is 0 Å². The van der Waals surface area contributed by atoms with Crippen LogP contribution in [-0.2, 0) is 6.42 Å². The van der Waals surface area contributed by atoms with Gasteiger partial charge in [-0.15, -0.1) is 0 Å². The van der Waals surface area contributed by atoms with Gasteiger partial charge in [-0.25, -0.2) is 8.78 Å². The quantitative estimate of drug-likeness (QED) is 0.762. The zero-order valence-electron chi connectivity index (χ0n) is 12.1. The third kappa shape index (κ3) is 3.89. The number of allylic oxidation sites excluding steroid dienone is 1. The molecule has 2 rings (SSSR count). The Hall–Kier alpha value is -1.22. The van der Waals surface area contributed by atoms with Crippen LogP contribution >= 0.6 is 0 Å². The number of halogens is 2. The normalized spacial score (nSPS) is 16.9. The van der Waals surface area contributed by atoms with Gasteiger partial charge in [-0.05, 0) is 57.2 Å². The molecular formula is C17H23F2N. The molecule has 110 valence electrons. The average Bonchev–Trinajstić information content (AvgIpc) is 2.47. The largest absolute Gasteiger partial charge is 0.310 e. The molecule has 1 aromatic rings. The van der Waals surface area contributed by atoms with E-state index in [0.29, 0.717) is 6.42 Å². The van der Waals surface area contributed by atoms with E-state index in [4.69, 9.17) is 0 Å². The van der Waals surface area contributed by atoms with Gasteiger partial charge in [0.05, 0.1) is 0 Å². The van der Waals surface area contributed by atoms with Crippen LogP contribution in [0.3, 0.4) is 0 Å². The highest BCUT2D eigenvalue weighted by Crippen LogP contribution is 2.24. The average molecular weight is 279 g/mol. The molecule has 1 N–H and O–H groups in total. The van der Waals surface area contributed by atoms with Crippen molar-refractivity contribution in [2.24, 2.45) is 0 Å². The third-order valence-electron chi connectivity index (χ3n) is 3.88. The molecule has 3 heteroatoms. The van der Waals surface area contributed by atoms with E-state index in [1.165, 1.54) is 36.6 Å². The van der Waals surface area contributed by atoms with Crippen LogP contribution in [0.5, 0.6) is 0 Å². The van der Waals surface area contributed by atoms with Gasteiger partial charge in [0.1, 0.15) is 11.6 Å². The molecule has 0 saturated heterocycles. The van der Waals surface area contributed by atoms with E-state index in [9.17, 15) is 8.78 Å². The van der Waals surface area contributed by atoms with Gasteiger partial charge in [0.25, 0.3) is 0 Å². The maximum Gasteiger partial charge on any atom is 0.129 e. The Labute approximate surface area is 120 Å². The topological polar surface area (TPSA) is 12.0 Å². The maximum absolute atomic E-state index is 13.8. The minimum Gasteiger partial charge on any atom is -0.310 e. The fourth-order valence-electron chi connectivity index (χ4n) is 2.76. The SMILES string of the molecule is CCCNC(Cc1c(F)cccc1F)C1=CCCCC1. The number of hydrogen-bond donors (Lipinski definition) is 1. The molecule has 0 aliphatic heterocycles. The smallest absolute Gasteiger partial charge is 0.129 e. The van der Waals surface area contributed by atoms with Crippen LogP contribution in [0.4, 0.5) is 8.78 Å². The summed E-state index contributed by atoms with van der Waals surface area (Å²) in [5.41, 5.74) is 1.51. The van der Waals surface area contributed by atoms with E-state index in [1.54, 1.807) is 0 Å². The van der Waals surface area contributed by atoms with Crippen LogP contribution in [-0.4, -0.2) is 12.6 Å². The van der Waals surface area contributed by atoms with E-state index in [2.05, 4.69) is 18.3 Å². The van der Waals surface area contributed by atoms with Crippen LogP contribution in [0.15, 0.2) is 29.8 Å². The van der Waals surface area contributed by atoms with E-state index in [1.807, 2.05) is 0 Å². The van der Waals surface area contributed by atoms with Crippen LogP contribution in [0.1, 0.15) is 44.6 Å². The lowest BCUT2D eigenvalue weighted by molar-refractivity contribution is 0.493. The van der Waals surface area contributed by atoms with Crippen molar-refractivity contribution in [1.29, 1.82) is 0 Å². The Morgan fingerprint density at radius 2 is 1.95 bits per heavy atom. The first-order valence-electron chi connectivity index (χ1n) is 7.57. The molecule has 20 heavy (non-hydrogen) atoms. The molecule has 0 fully saturated rings. The predicted molar refractivity (Wildman–Crippen MR) is 78.7 cm³/mol. The maximum atomic E-state index is 13.8. The Bertz CT molecular complexity index is 448. The summed E-state index contributed by atoms with van der Waals surface area (Å²) in [6.07, 6.45) is 8.17. The molecule has 1 atom stereocenters. The van der Waals surface area contributed by atoms with Crippen LogP contribution in [0.25, 0.3) is 0 Å². The highest BCUT2D eigenvalue weighted by Gasteiger charge is 2.19. The molecule has 0 radical (unpaired) electrons. The Kier molecular flexibility index (Phi) is 5.72. The molecule has 1 aliphatic carbocycles. The van der Waals surface area contributed by atoms with Crippen molar-refractivity contribution in [2.45, 2.75) is 51.5 Å². The van der Waals surface area contributed by atoms with E-state index in [0.717, 1.165) is 25.8 Å². The third-order valence-corrected chi connectivity index (χ3v) is 3.88.